The Labute approximate surface area is 108 Å². The van der Waals surface area contributed by atoms with E-state index in [0.717, 1.165) is 0 Å². The third kappa shape index (κ3) is 3.70. The topological polar surface area (TPSA) is 76.7 Å². The second-order valence-corrected chi connectivity index (χ2v) is 3.21. The molecule has 0 saturated carbocycles. The summed E-state index contributed by atoms with van der Waals surface area (Å²) in [6.45, 7) is 0. The molecule has 0 aliphatic heterocycles. The van der Waals surface area contributed by atoms with Crippen molar-refractivity contribution in [3.63, 3.8) is 0 Å². The number of nitrogens with one attached hydrogen (secondary N) is 2. The Hall–Kier alpha value is -1.28. The number of amides is 2. The Morgan fingerprint density at radius 1 is 0.938 bits per heavy atom. The van der Waals surface area contributed by atoms with Crippen molar-refractivity contribution in [3.8, 4) is 11.5 Å². The van der Waals surface area contributed by atoms with Crippen LogP contribution in [0.25, 0.3) is 0 Å². The lowest BCUT2D eigenvalue weighted by Gasteiger charge is -2.08. The Morgan fingerprint density at radius 2 is 1.31 bits per heavy atom. The third-order valence-electron chi connectivity index (χ3n) is 1.41. The molecule has 0 aliphatic carbocycles. The van der Waals surface area contributed by atoms with Crippen LogP contribution in [0.4, 0.5) is 9.59 Å². The molecule has 8 heteroatoms. The van der Waals surface area contributed by atoms with Crippen molar-refractivity contribution < 1.29 is 19.1 Å². The maximum atomic E-state index is 10.9. The number of hydrogen-bond donors (Lipinski definition) is 2. The van der Waals surface area contributed by atoms with Crippen LogP contribution in [0.5, 0.6) is 11.5 Å². The van der Waals surface area contributed by atoms with Crippen LogP contribution in [0.15, 0.2) is 24.3 Å². The van der Waals surface area contributed by atoms with Gasteiger partial charge in [-0.2, -0.15) is 0 Å². The van der Waals surface area contributed by atoms with Crippen LogP contribution in [0.2, 0.25) is 0 Å². The van der Waals surface area contributed by atoms with Crippen LogP contribution < -0.4 is 18.2 Å². The maximum Gasteiger partial charge on any atom is 0.422 e. The number of ether oxygens (including phenoxy) is 2. The average molecular weight is 354 g/mol. The minimum Gasteiger partial charge on any atom is -0.406 e. The Balaban J connectivity index is 2.83. The fraction of sp³-hybridized carbons (Fsp3) is 0. The van der Waals surface area contributed by atoms with E-state index in [1.807, 2.05) is 0 Å². The molecule has 1 aromatic rings. The summed E-state index contributed by atoms with van der Waals surface area (Å²) >= 11 is 5.42. The molecule has 2 N–H and O–H groups in total. The first kappa shape index (κ1) is 12.8. The first-order valence-corrected chi connectivity index (χ1v) is 5.52. The van der Waals surface area contributed by atoms with Gasteiger partial charge in [0.15, 0.2) is 11.5 Å². The molecule has 1 aromatic carbocycles. The summed E-state index contributed by atoms with van der Waals surface area (Å²) in [4.78, 5) is 21.9. The fourth-order valence-electron chi connectivity index (χ4n) is 0.857. The molecule has 0 heterocycles. The quantitative estimate of drug-likeness (QED) is 0.801. The van der Waals surface area contributed by atoms with E-state index in [4.69, 9.17) is 9.47 Å². The lowest BCUT2D eigenvalue weighted by Crippen LogP contribution is -2.20. The lowest BCUT2D eigenvalue weighted by molar-refractivity contribution is 0.197. The number of rotatable bonds is 2. The second-order valence-electron chi connectivity index (χ2n) is 2.41. The van der Waals surface area contributed by atoms with Gasteiger partial charge in [0, 0.05) is 0 Å². The third-order valence-corrected chi connectivity index (χ3v) is 2.06. The van der Waals surface area contributed by atoms with E-state index < -0.39 is 12.2 Å². The number of benzene rings is 1. The van der Waals surface area contributed by atoms with E-state index in [1.165, 1.54) is 12.1 Å². The highest BCUT2D eigenvalue weighted by molar-refractivity contribution is 9.08. The standard InChI is InChI=1S/C8H6Br2N2O4/c9-11-7(13)15-5-3-1-2-4-6(5)16-8(14)12-10/h1-4H,(H,11,13)(H,12,14). The van der Waals surface area contributed by atoms with E-state index in [0.29, 0.717) is 0 Å². The number of hydrogen-bond acceptors (Lipinski definition) is 4. The Kier molecular flexibility index (Phi) is 5.06. The normalized spacial score (nSPS) is 9.12. The largest absolute Gasteiger partial charge is 0.422 e. The summed E-state index contributed by atoms with van der Waals surface area (Å²) in [5.41, 5.74) is 0. The molecule has 0 atom stereocenters. The summed E-state index contributed by atoms with van der Waals surface area (Å²) in [6.07, 6.45) is -1.45. The average Bonchev–Trinajstić information content (AvgIpc) is 2.31. The molecular weight excluding hydrogens is 348 g/mol. The van der Waals surface area contributed by atoms with E-state index in [-0.39, 0.29) is 11.5 Å². The monoisotopic (exact) mass is 352 g/mol. The number of para-hydroxylation sites is 2. The smallest absolute Gasteiger partial charge is 0.406 e. The van der Waals surface area contributed by atoms with Crippen molar-refractivity contribution in [2.75, 3.05) is 0 Å². The van der Waals surface area contributed by atoms with Crippen molar-refractivity contribution in [1.82, 2.24) is 8.69 Å². The number of carbonyl (C=O) groups is 2. The summed E-state index contributed by atoms with van der Waals surface area (Å²) in [7, 11) is 0. The van der Waals surface area contributed by atoms with Crippen LogP contribution in [0, 0.1) is 0 Å². The zero-order valence-corrected chi connectivity index (χ0v) is 10.9. The van der Waals surface area contributed by atoms with Crippen molar-refractivity contribution in [2.45, 2.75) is 0 Å². The molecule has 16 heavy (non-hydrogen) atoms. The van der Waals surface area contributed by atoms with E-state index >= 15 is 0 Å². The van der Waals surface area contributed by atoms with Gasteiger partial charge in [-0.25, -0.2) is 9.59 Å². The zero-order valence-electron chi connectivity index (χ0n) is 7.70. The van der Waals surface area contributed by atoms with Crippen molar-refractivity contribution in [2.24, 2.45) is 0 Å². The maximum absolute atomic E-state index is 10.9. The molecule has 0 radical (unpaired) electrons. The number of carbonyl (C=O) groups excluding carboxylic acids is 2. The van der Waals surface area contributed by atoms with Gasteiger partial charge in [0.05, 0.1) is 32.3 Å². The van der Waals surface area contributed by atoms with Gasteiger partial charge < -0.3 is 9.47 Å². The van der Waals surface area contributed by atoms with Gasteiger partial charge in [0.2, 0.25) is 0 Å². The Bertz CT molecular complexity index is 362. The first-order valence-electron chi connectivity index (χ1n) is 3.93. The molecule has 0 fully saturated rings. The van der Waals surface area contributed by atoms with Crippen LogP contribution in [0.1, 0.15) is 0 Å². The van der Waals surface area contributed by atoms with Crippen LogP contribution in [-0.4, -0.2) is 12.2 Å². The summed E-state index contributed by atoms with van der Waals surface area (Å²) in [6, 6.07) is 6.24. The predicted molar refractivity (Wildman–Crippen MR) is 62.6 cm³/mol. The van der Waals surface area contributed by atoms with Gasteiger partial charge in [-0.05, 0) is 12.1 Å². The molecule has 0 saturated heterocycles. The fourth-order valence-corrected chi connectivity index (χ4v) is 1.02. The van der Waals surface area contributed by atoms with Crippen LogP contribution >= 0.6 is 32.3 Å². The van der Waals surface area contributed by atoms with Gasteiger partial charge in [-0.3, -0.25) is 8.69 Å². The highest BCUT2D eigenvalue weighted by Gasteiger charge is 2.11. The molecule has 0 aliphatic rings. The molecule has 86 valence electrons. The van der Waals surface area contributed by atoms with Crippen molar-refractivity contribution in [3.05, 3.63) is 24.3 Å². The van der Waals surface area contributed by atoms with Gasteiger partial charge in [-0.1, -0.05) is 12.1 Å². The van der Waals surface area contributed by atoms with Crippen LogP contribution in [-0.2, 0) is 0 Å². The Morgan fingerprint density at radius 3 is 1.62 bits per heavy atom. The molecular formula is C8H6Br2N2O4. The van der Waals surface area contributed by atoms with E-state index in [1.54, 1.807) is 12.1 Å². The SMILES string of the molecule is O=C(NBr)Oc1ccccc1OC(=O)NBr. The van der Waals surface area contributed by atoms with Gasteiger partial charge in [-0.15, -0.1) is 0 Å². The second kappa shape index (κ2) is 6.33. The van der Waals surface area contributed by atoms with Crippen molar-refractivity contribution >= 4 is 44.5 Å². The zero-order chi connectivity index (χ0) is 12.0. The molecule has 0 spiro atoms. The van der Waals surface area contributed by atoms with Gasteiger partial charge >= 0.3 is 12.2 Å². The minimum absolute atomic E-state index is 0.121. The highest BCUT2D eigenvalue weighted by Crippen LogP contribution is 2.26. The molecule has 1 rings (SSSR count). The molecule has 0 aromatic heterocycles. The lowest BCUT2D eigenvalue weighted by atomic mass is 10.3. The van der Waals surface area contributed by atoms with E-state index in [2.05, 4.69) is 41.0 Å². The predicted octanol–water partition coefficient (Wildman–Crippen LogP) is 2.48. The molecule has 2 amide bonds. The van der Waals surface area contributed by atoms with Crippen molar-refractivity contribution in [1.29, 1.82) is 0 Å². The molecule has 6 nitrogen and oxygen atoms in total. The van der Waals surface area contributed by atoms with Crippen LogP contribution in [0.3, 0.4) is 0 Å². The minimum atomic E-state index is -0.727. The van der Waals surface area contributed by atoms with Gasteiger partial charge in [0.25, 0.3) is 0 Å². The summed E-state index contributed by atoms with van der Waals surface area (Å²) in [5, 5.41) is 0. The first-order chi connectivity index (χ1) is 7.67. The summed E-state index contributed by atoms with van der Waals surface area (Å²) < 4.78 is 13.8. The molecule has 0 bridgehead atoms. The highest BCUT2D eigenvalue weighted by atomic mass is 79.9. The van der Waals surface area contributed by atoms with Gasteiger partial charge in [0.1, 0.15) is 0 Å². The summed E-state index contributed by atoms with van der Waals surface area (Å²) in [5.74, 6) is 0.242. The van der Waals surface area contributed by atoms with E-state index in [9.17, 15) is 9.59 Å². The molecule has 0 unspecified atom stereocenters. The number of halogens is 2.